The first-order chi connectivity index (χ1) is 14.7. The van der Waals surface area contributed by atoms with Crippen LogP contribution in [0.3, 0.4) is 0 Å². The molecule has 0 aromatic heterocycles. The summed E-state index contributed by atoms with van der Waals surface area (Å²) >= 11 is 0. The third-order valence-electron chi connectivity index (χ3n) is 4.23. The zero-order valence-corrected chi connectivity index (χ0v) is 16.0. The quantitative estimate of drug-likeness (QED) is 0.683. The Kier molecular flexibility index (Phi) is 5.70. The van der Waals surface area contributed by atoms with Gasteiger partial charge in [-0.1, -0.05) is 36.4 Å². The Morgan fingerprint density at radius 1 is 0.867 bits per heavy atom. The zero-order chi connectivity index (χ0) is 20.8. The maximum atomic E-state index is 12.3. The van der Waals surface area contributed by atoms with Crippen molar-refractivity contribution >= 4 is 23.3 Å². The number of hydrogen-bond donors (Lipinski definition) is 1. The number of nitrogens with one attached hydrogen (secondary N) is 1. The van der Waals surface area contributed by atoms with Gasteiger partial charge in [0, 0.05) is 0 Å². The molecular weight excluding hydrogens is 382 g/mol. The first kappa shape index (κ1) is 19.2. The molecule has 0 aliphatic carbocycles. The van der Waals surface area contributed by atoms with E-state index >= 15 is 0 Å². The van der Waals surface area contributed by atoms with Crippen LogP contribution in [0.25, 0.3) is 0 Å². The summed E-state index contributed by atoms with van der Waals surface area (Å²) in [5, 5.41) is 8.11. The normalized spacial score (nSPS) is 13.0. The van der Waals surface area contributed by atoms with Crippen molar-refractivity contribution in [3.05, 3.63) is 84.9 Å². The molecule has 1 aliphatic rings. The second-order valence-electron chi connectivity index (χ2n) is 6.49. The number of hydrogen-bond acceptors (Lipinski definition) is 5. The van der Waals surface area contributed by atoms with E-state index in [1.807, 2.05) is 48.5 Å². The highest BCUT2D eigenvalue weighted by Crippen LogP contribution is 2.26. The van der Waals surface area contributed by atoms with Crippen LogP contribution in [0.2, 0.25) is 0 Å². The molecule has 1 N–H and O–H groups in total. The number of amides is 2. The van der Waals surface area contributed by atoms with Gasteiger partial charge in [-0.15, -0.1) is 0 Å². The summed E-state index contributed by atoms with van der Waals surface area (Å²) in [5.74, 6) is 1.64. The van der Waals surface area contributed by atoms with Gasteiger partial charge in [-0.2, -0.15) is 10.1 Å². The second-order valence-corrected chi connectivity index (χ2v) is 6.49. The standard InChI is InChI=1S/C23H19N3O4/c27-22(16-29-18-7-3-1-4-8-18)24-21-15-23(28)26(25-21)17-11-13-20(14-12-17)30-19-9-5-2-6-10-19/h1-14H,15-16H2,(H,24,25,27). The molecule has 1 heterocycles. The lowest BCUT2D eigenvalue weighted by molar-refractivity contribution is -0.121. The molecule has 150 valence electrons. The van der Waals surface area contributed by atoms with Crippen LogP contribution in [0.4, 0.5) is 5.69 Å². The largest absolute Gasteiger partial charge is 0.484 e. The van der Waals surface area contributed by atoms with Gasteiger partial charge in [-0.25, -0.2) is 0 Å². The number of nitrogens with zero attached hydrogens (tertiary/aromatic N) is 2. The van der Waals surface area contributed by atoms with Crippen molar-refractivity contribution in [2.45, 2.75) is 6.42 Å². The van der Waals surface area contributed by atoms with Crippen LogP contribution in [0.1, 0.15) is 6.42 Å². The predicted octanol–water partition coefficient (Wildman–Crippen LogP) is 3.72. The van der Waals surface area contributed by atoms with Gasteiger partial charge in [0.25, 0.3) is 11.8 Å². The van der Waals surface area contributed by atoms with Crippen LogP contribution < -0.4 is 19.8 Å². The fraction of sp³-hybridized carbons (Fsp3) is 0.0870. The number of rotatable bonds is 6. The van der Waals surface area contributed by atoms with Gasteiger partial charge < -0.3 is 14.8 Å². The molecule has 4 rings (SSSR count). The van der Waals surface area contributed by atoms with Crippen molar-refractivity contribution in [2.24, 2.45) is 5.10 Å². The van der Waals surface area contributed by atoms with Crippen LogP contribution in [0.15, 0.2) is 90.0 Å². The summed E-state index contributed by atoms with van der Waals surface area (Å²) in [6, 6.07) is 25.4. The van der Waals surface area contributed by atoms with Gasteiger partial charge in [0.15, 0.2) is 6.61 Å². The van der Waals surface area contributed by atoms with Crippen LogP contribution in [-0.4, -0.2) is 24.3 Å². The SMILES string of the molecule is O=C(COc1ccccc1)NC1=NN(c2ccc(Oc3ccccc3)cc2)C(=O)C1. The number of amidine groups is 1. The molecule has 30 heavy (non-hydrogen) atoms. The van der Waals surface area contributed by atoms with Crippen molar-refractivity contribution in [2.75, 3.05) is 11.6 Å². The van der Waals surface area contributed by atoms with Crippen LogP contribution in [0, 0.1) is 0 Å². The Balaban J connectivity index is 1.35. The summed E-state index contributed by atoms with van der Waals surface area (Å²) in [6.45, 7) is -0.164. The Hall–Kier alpha value is -4.13. The van der Waals surface area contributed by atoms with Gasteiger partial charge in [0.2, 0.25) is 0 Å². The summed E-state index contributed by atoms with van der Waals surface area (Å²) in [7, 11) is 0. The van der Waals surface area contributed by atoms with E-state index in [2.05, 4.69) is 10.4 Å². The van der Waals surface area contributed by atoms with E-state index in [1.54, 1.807) is 36.4 Å². The second kappa shape index (κ2) is 8.91. The first-order valence-electron chi connectivity index (χ1n) is 9.38. The van der Waals surface area contributed by atoms with E-state index in [9.17, 15) is 9.59 Å². The van der Waals surface area contributed by atoms with Gasteiger partial charge in [0.1, 0.15) is 23.1 Å². The molecule has 7 heteroatoms. The molecule has 0 unspecified atom stereocenters. The highest BCUT2D eigenvalue weighted by Gasteiger charge is 2.26. The van der Waals surface area contributed by atoms with E-state index in [-0.39, 0.29) is 30.7 Å². The van der Waals surface area contributed by atoms with E-state index in [0.29, 0.717) is 17.2 Å². The number of hydrazone groups is 1. The van der Waals surface area contributed by atoms with Crippen molar-refractivity contribution in [3.8, 4) is 17.2 Å². The Morgan fingerprint density at radius 2 is 1.47 bits per heavy atom. The minimum absolute atomic E-state index is 0.0132. The monoisotopic (exact) mass is 401 g/mol. The fourth-order valence-electron chi connectivity index (χ4n) is 2.84. The highest BCUT2D eigenvalue weighted by molar-refractivity contribution is 6.15. The van der Waals surface area contributed by atoms with Crippen LogP contribution in [0.5, 0.6) is 17.2 Å². The van der Waals surface area contributed by atoms with Crippen LogP contribution >= 0.6 is 0 Å². The summed E-state index contributed by atoms with van der Waals surface area (Å²) in [6.07, 6.45) is 0.0132. The maximum absolute atomic E-state index is 12.3. The highest BCUT2D eigenvalue weighted by atomic mass is 16.5. The minimum atomic E-state index is -0.376. The molecule has 2 amide bonds. The lowest BCUT2D eigenvalue weighted by atomic mass is 10.3. The molecule has 0 saturated heterocycles. The molecule has 0 bridgehead atoms. The maximum Gasteiger partial charge on any atom is 0.263 e. The fourth-order valence-corrected chi connectivity index (χ4v) is 2.84. The Bertz CT molecular complexity index is 1050. The van der Waals surface area contributed by atoms with Crippen molar-refractivity contribution in [1.29, 1.82) is 0 Å². The van der Waals surface area contributed by atoms with E-state index in [4.69, 9.17) is 9.47 Å². The van der Waals surface area contributed by atoms with E-state index in [1.165, 1.54) is 5.01 Å². The smallest absolute Gasteiger partial charge is 0.263 e. The van der Waals surface area contributed by atoms with Crippen LogP contribution in [-0.2, 0) is 9.59 Å². The average molecular weight is 401 g/mol. The third kappa shape index (κ3) is 4.82. The molecule has 0 fully saturated rings. The molecule has 3 aromatic rings. The van der Waals surface area contributed by atoms with Gasteiger partial charge in [-0.3, -0.25) is 9.59 Å². The zero-order valence-electron chi connectivity index (χ0n) is 16.0. The molecule has 3 aromatic carbocycles. The summed E-state index contributed by atoms with van der Waals surface area (Å²) in [5.41, 5.74) is 0.588. The molecule has 0 atom stereocenters. The van der Waals surface area contributed by atoms with Gasteiger partial charge in [-0.05, 0) is 48.5 Å². The lowest BCUT2D eigenvalue weighted by Crippen LogP contribution is -2.33. The summed E-state index contributed by atoms with van der Waals surface area (Å²) < 4.78 is 11.1. The van der Waals surface area contributed by atoms with E-state index < -0.39 is 0 Å². The van der Waals surface area contributed by atoms with Gasteiger partial charge >= 0.3 is 0 Å². The number of carbonyl (C=O) groups excluding carboxylic acids is 2. The summed E-state index contributed by atoms with van der Waals surface area (Å²) in [4.78, 5) is 24.4. The molecule has 1 aliphatic heterocycles. The van der Waals surface area contributed by atoms with E-state index in [0.717, 1.165) is 5.75 Å². The van der Waals surface area contributed by atoms with Crippen molar-refractivity contribution < 1.29 is 19.1 Å². The number of carbonyl (C=O) groups is 2. The Morgan fingerprint density at radius 3 is 2.13 bits per heavy atom. The minimum Gasteiger partial charge on any atom is -0.484 e. The lowest BCUT2D eigenvalue weighted by Gasteiger charge is -2.12. The number of para-hydroxylation sites is 2. The molecule has 7 nitrogen and oxygen atoms in total. The van der Waals surface area contributed by atoms with Gasteiger partial charge in [0.05, 0.1) is 12.1 Å². The topological polar surface area (TPSA) is 80.2 Å². The molecular formula is C23H19N3O4. The van der Waals surface area contributed by atoms with Crippen molar-refractivity contribution in [3.63, 3.8) is 0 Å². The number of ether oxygens (including phenoxy) is 2. The van der Waals surface area contributed by atoms with Crippen molar-refractivity contribution in [1.82, 2.24) is 5.32 Å². The average Bonchev–Trinajstić information content (AvgIpc) is 3.14. The third-order valence-corrected chi connectivity index (χ3v) is 4.23. The number of anilines is 1. The predicted molar refractivity (Wildman–Crippen MR) is 113 cm³/mol. The Labute approximate surface area is 173 Å². The molecule has 0 saturated carbocycles. The first-order valence-corrected chi connectivity index (χ1v) is 9.38. The number of benzene rings is 3. The molecule has 0 radical (unpaired) electrons. The molecule has 0 spiro atoms.